The smallest absolute Gasteiger partial charge is 0.339 e. The van der Waals surface area contributed by atoms with Gasteiger partial charge in [0, 0.05) is 10.6 Å². The first-order valence-electron chi connectivity index (χ1n) is 4.76. The third-order valence-corrected chi connectivity index (χ3v) is 2.98. The molecule has 0 aliphatic heterocycles. The predicted octanol–water partition coefficient (Wildman–Crippen LogP) is 1.32. The van der Waals surface area contributed by atoms with Crippen molar-refractivity contribution in [1.82, 2.24) is 0 Å². The van der Waals surface area contributed by atoms with Gasteiger partial charge in [-0.15, -0.1) is 11.8 Å². The summed E-state index contributed by atoms with van der Waals surface area (Å²) in [5.41, 5.74) is 6.29. The Kier molecular flexibility index (Phi) is 4.84. The molecule has 0 aliphatic rings. The minimum absolute atomic E-state index is 0.182. The van der Waals surface area contributed by atoms with Gasteiger partial charge in [0.15, 0.2) is 0 Å². The molecule has 0 heterocycles. The van der Waals surface area contributed by atoms with Crippen LogP contribution >= 0.6 is 11.8 Å². The SMILES string of the molecule is COC(=O)CSc1ccc(N)c(C(=O)OC)c1. The van der Waals surface area contributed by atoms with Gasteiger partial charge in [0.05, 0.1) is 25.5 Å². The van der Waals surface area contributed by atoms with Gasteiger partial charge in [0.1, 0.15) is 0 Å². The second-order valence-corrected chi connectivity index (χ2v) is 4.15. The molecule has 0 aromatic heterocycles. The molecule has 0 spiro atoms. The lowest BCUT2D eigenvalue weighted by Crippen LogP contribution is -2.06. The van der Waals surface area contributed by atoms with E-state index < -0.39 is 5.97 Å². The number of nitrogen functional groups attached to an aromatic ring is 1. The maximum Gasteiger partial charge on any atom is 0.339 e. The fourth-order valence-electron chi connectivity index (χ4n) is 1.11. The molecule has 92 valence electrons. The number of anilines is 1. The van der Waals surface area contributed by atoms with Crippen LogP contribution in [-0.4, -0.2) is 31.9 Å². The van der Waals surface area contributed by atoms with Gasteiger partial charge in [0.2, 0.25) is 0 Å². The molecule has 0 amide bonds. The molecule has 17 heavy (non-hydrogen) atoms. The zero-order valence-corrected chi connectivity index (χ0v) is 10.4. The van der Waals surface area contributed by atoms with Gasteiger partial charge in [-0.05, 0) is 18.2 Å². The molecular formula is C11H13NO4S. The molecule has 0 fully saturated rings. The molecule has 1 aromatic carbocycles. The maximum absolute atomic E-state index is 11.4. The molecule has 5 nitrogen and oxygen atoms in total. The van der Waals surface area contributed by atoms with Crippen molar-refractivity contribution in [1.29, 1.82) is 0 Å². The van der Waals surface area contributed by atoms with Crippen LogP contribution in [0.15, 0.2) is 23.1 Å². The number of thioether (sulfide) groups is 1. The number of hydrogen-bond acceptors (Lipinski definition) is 6. The molecule has 0 saturated heterocycles. The fourth-order valence-corrected chi connectivity index (χ4v) is 1.88. The van der Waals surface area contributed by atoms with Crippen LogP contribution in [0, 0.1) is 0 Å². The van der Waals surface area contributed by atoms with Crippen LogP contribution in [0.1, 0.15) is 10.4 Å². The van der Waals surface area contributed by atoms with Crippen molar-refractivity contribution < 1.29 is 19.1 Å². The molecule has 1 rings (SSSR count). The first-order chi connectivity index (χ1) is 8.08. The molecule has 0 saturated carbocycles. The van der Waals surface area contributed by atoms with Crippen LogP contribution in [0.5, 0.6) is 0 Å². The van der Waals surface area contributed by atoms with Gasteiger partial charge in [-0.2, -0.15) is 0 Å². The van der Waals surface area contributed by atoms with E-state index in [1.807, 2.05) is 0 Å². The van der Waals surface area contributed by atoms with Crippen LogP contribution in [0.2, 0.25) is 0 Å². The third kappa shape index (κ3) is 3.67. The number of carbonyl (C=O) groups is 2. The highest BCUT2D eigenvalue weighted by Crippen LogP contribution is 2.23. The first-order valence-corrected chi connectivity index (χ1v) is 5.74. The Balaban J connectivity index is 2.81. The van der Waals surface area contributed by atoms with Crippen LogP contribution < -0.4 is 5.73 Å². The molecule has 0 atom stereocenters. The normalized spacial score (nSPS) is 9.76. The molecule has 0 aliphatic carbocycles. The highest BCUT2D eigenvalue weighted by Gasteiger charge is 2.11. The quantitative estimate of drug-likeness (QED) is 0.496. The molecule has 1 aromatic rings. The second kappa shape index (κ2) is 6.15. The van der Waals surface area contributed by atoms with Crippen molar-refractivity contribution in [3.05, 3.63) is 23.8 Å². The number of methoxy groups -OCH3 is 2. The van der Waals surface area contributed by atoms with E-state index in [0.29, 0.717) is 11.3 Å². The zero-order valence-electron chi connectivity index (χ0n) is 9.56. The Bertz CT molecular complexity index is 433. The lowest BCUT2D eigenvalue weighted by molar-refractivity contribution is -0.137. The third-order valence-electron chi connectivity index (χ3n) is 2.01. The van der Waals surface area contributed by atoms with E-state index in [1.165, 1.54) is 26.0 Å². The van der Waals surface area contributed by atoms with Crippen molar-refractivity contribution in [2.24, 2.45) is 0 Å². The summed E-state index contributed by atoms with van der Waals surface area (Å²) in [4.78, 5) is 23.1. The van der Waals surface area contributed by atoms with Crippen molar-refractivity contribution in [3.8, 4) is 0 Å². The minimum Gasteiger partial charge on any atom is -0.468 e. The summed E-state index contributed by atoms with van der Waals surface area (Å²) in [6, 6.07) is 4.93. The predicted molar refractivity (Wildman–Crippen MR) is 64.9 cm³/mol. The van der Waals surface area contributed by atoms with Crippen molar-refractivity contribution in [2.45, 2.75) is 4.90 Å². The van der Waals surface area contributed by atoms with E-state index in [4.69, 9.17) is 5.73 Å². The average Bonchev–Trinajstić information content (AvgIpc) is 2.36. The summed E-state index contributed by atoms with van der Waals surface area (Å²) in [6.07, 6.45) is 0. The molecular weight excluding hydrogens is 242 g/mol. The summed E-state index contributed by atoms with van der Waals surface area (Å²) < 4.78 is 9.12. The van der Waals surface area contributed by atoms with Gasteiger partial charge in [-0.25, -0.2) is 4.79 Å². The number of ether oxygens (including phenoxy) is 2. The Morgan fingerprint density at radius 1 is 1.29 bits per heavy atom. The Labute approximate surface area is 103 Å². The van der Waals surface area contributed by atoms with Crippen LogP contribution in [0.25, 0.3) is 0 Å². The van der Waals surface area contributed by atoms with E-state index in [1.54, 1.807) is 18.2 Å². The van der Waals surface area contributed by atoms with E-state index in [2.05, 4.69) is 9.47 Å². The number of carbonyl (C=O) groups excluding carboxylic acids is 2. The Morgan fingerprint density at radius 2 is 2.00 bits per heavy atom. The van der Waals surface area contributed by atoms with Crippen molar-refractivity contribution >= 4 is 29.4 Å². The number of hydrogen-bond donors (Lipinski definition) is 1. The number of nitrogens with two attached hydrogens (primary N) is 1. The summed E-state index contributed by atoms with van der Waals surface area (Å²) in [5.74, 6) is -0.643. The van der Waals surface area contributed by atoms with E-state index in [9.17, 15) is 9.59 Å². The summed E-state index contributed by atoms with van der Waals surface area (Å²) in [7, 11) is 2.61. The number of benzene rings is 1. The highest BCUT2D eigenvalue weighted by molar-refractivity contribution is 8.00. The van der Waals surface area contributed by atoms with Crippen molar-refractivity contribution in [3.63, 3.8) is 0 Å². The Morgan fingerprint density at radius 3 is 2.59 bits per heavy atom. The lowest BCUT2D eigenvalue weighted by Gasteiger charge is -2.06. The standard InChI is InChI=1S/C11H13NO4S/c1-15-10(13)6-17-7-3-4-9(12)8(5-7)11(14)16-2/h3-5H,6,12H2,1-2H3. The lowest BCUT2D eigenvalue weighted by atomic mass is 10.2. The first kappa shape index (κ1) is 13.4. The van der Waals surface area contributed by atoms with Gasteiger partial charge >= 0.3 is 11.9 Å². The minimum atomic E-state index is -0.497. The van der Waals surface area contributed by atoms with Gasteiger partial charge < -0.3 is 15.2 Å². The second-order valence-electron chi connectivity index (χ2n) is 3.11. The largest absolute Gasteiger partial charge is 0.468 e. The molecule has 2 N–H and O–H groups in total. The van der Waals surface area contributed by atoms with Crippen LogP contribution in [0.4, 0.5) is 5.69 Å². The summed E-state index contributed by atoms with van der Waals surface area (Å²) in [5, 5.41) is 0. The molecule has 0 radical (unpaired) electrons. The molecule has 0 unspecified atom stereocenters. The van der Waals surface area contributed by atoms with Crippen LogP contribution in [0.3, 0.4) is 0 Å². The fraction of sp³-hybridized carbons (Fsp3) is 0.273. The van der Waals surface area contributed by atoms with Crippen LogP contribution in [-0.2, 0) is 14.3 Å². The van der Waals surface area contributed by atoms with Gasteiger partial charge in [-0.1, -0.05) is 0 Å². The summed E-state index contributed by atoms with van der Waals surface area (Å²) >= 11 is 1.27. The number of rotatable bonds is 4. The van der Waals surface area contributed by atoms with E-state index in [0.717, 1.165) is 4.90 Å². The van der Waals surface area contributed by atoms with E-state index in [-0.39, 0.29) is 11.7 Å². The van der Waals surface area contributed by atoms with Gasteiger partial charge in [0.25, 0.3) is 0 Å². The summed E-state index contributed by atoms with van der Waals surface area (Å²) in [6.45, 7) is 0. The highest BCUT2D eigenvalue weighted by atomic mass is 32.2. The topological polar surface area (TPSA) is 78.6 Å². The zero-order chi connectivity index (χ0) is 12.8. The maximum atomic E-state index is 11.4. The Hall–Kier alpha value is -1.69. The molecule has 6 heteroatoms. The molecule has 0 bridgehead atoms. The number of esters is 2. The average molecular weight is 255 g/mol. The van der Waals surface area contributed by atoms with Crippen molar-refractivity contribution in [2.75, 3.05) is 25.7 Å². The van der Waals surface area contributed by atoms with Gasteiger partial charge in [-0.3, -0.25) is 4.79 Å². The van der Waals surface area contributed by atoms with E-state index >= 15 is 0 Å². The monoisotopic (exact) mass is 255 g/mol.